The Hall–Kier alpha value is -2.99. The molecule has 1 aromatic carbocycles. The number of halogens is 1. The normalized spacial score (nSPS) is 11.1. The van der Waals surface area contributed by atoms with Crippen LogP contribution in [0.15, 0.2) is 53.1 Å². The molecule has 0 spiro atoms. The van der Waals surface area contributed by atoms with Crippen LogP contribution in [0.1, 0.15) is 24.4 Å². The minimum Gasteiger partial charge on any atom is -0.495 e. The number of pyridine rings is 2. The summed E-state index contributed by atoms with van der Waals surface area (Å²) in [5.74, 6) is 1.69. The zero-order valence-corrected chi connectivity index (χ0v) is 16.2. The van der Waals surface area contributed by atoms with Crippen LogP contribution in [0, 0.1) is 0 Å². The second-order valence-electron chi connectivity index (χ2n) is 6.41. The van der Waals surface area contributed by atoms with Crippen molar-refractivity contribution in [1.29, 1.82) is 0 Å². The van der Waals surface area contributed by atoms with Crippen LogP contribution in [0.3, 0.4) is 0 Å². The van der Waals surface area contributed by atoms with Crippen LogP contribution in [0.2, 0.25) is 5.02 Å². The Balaban J connectivity index is 1.32. The van der Waals surface area contributed by atoms with Crippen molar-refractivity contribution in [3.63, 3.8) is 0 Å². The van der Waals surface area contributed by atoms with Gasteiger partial charge in [0.1, 0.15) is 5.75 Å². The first-order valence-electron chi connectivity index (χ1n) is 9.10. The monoisotopic (exact) mass is 394 g/mol. The molecular weight excluding hydrogens is 376 g/mol. The van der Waals surface area contributed by atoms with Crippen LogP contribution in [0.25, 0.3) is 22.5 Å². The van der Waals surface area contributed by atoms with Crippen molar-refractivity contribution in [2.45, 2.75) is 25.7 Å². The van der Waals surface area contributed by atoms with E-state index in [4.69, 9.17) is 20.8 Å². The zero-order valence-electron chi connectivity index (χ0n) is 15.4. The van der Waals surface area contributed by atoms with Gasteiger partial charge in [-0.2, -0.15) is 0 Å². The highest BCUT2D eigenvalue weighted by Crippen LogP contribution is 2.29. The van der Waals surface area contributed by atoms with Gasteiger partial charge in [-0.3, -0.25) is 0 Å². The highest BCUT2D eigenvalue weighted by atomic mass is 35.5. The van der Waals surface area contributed by atoms with Crippen LogP contribution in [0.4, 0.5) is 0 Å². The van der Waals surface area contributed by atoms with E-state index in [9.17, 15) is 0 Å². The molecule has 0 N–H and O–H groups in total. The predicted molar refractivity (Wildman–Crippen MR) is 107 cm³/mol. The van der Waals surface area contributed by atoms with Gasteiger partial charge in [-0.15, -0.1) is 10.2 Å². The van der Waals surface area contributed by atoms with E-state index in [1.165, 1.54) is 0 Å². The number of methoxy groups -OCH3 is 1. The first-order valence-corrected chi connectivity index (χ1v) is 9.47. The number of hydrogen-bond acceptors (Lipinski definition) is 6. The van der Waals surface area contributed by atoms with Crippen molar-refractivity contribution in [2.75, 3.05) is 7.11 Å². The molecule has 0 aliphatic carbocycles. The molecule has 0 bridgehead atoms. The third-order valence-electron chi connectivity index (χ3n) is 4.46. The lowest BCUT2D eigenvalue weighted by Gasteiger charge is -2.03. The fourth-order valence-corrected chi connectivity index (χ4v) is 3.24. The zero-order chi connectivity index (χ0) is 19.3. The molecule has 0 atom stereocenters. The fraction of sp³-hybridized carbons (Fsp3) is 0.238. The van der Waals surface area contributed by atoms with Crippen molar-refractivity contribution < 1.29 is 9.15 Å². The number of fused-ring (bicyclic) bond motifs is 1. The quantitative estimate of drug-likeness (QED) is 0.415. The van der Waals surface area contributed by atoms with Gasteiger partial charge in [0.25, 0.3) is 0 Å². The van der Waals surface area contributed by atoms with Gasteiger partial charge in [0, 0.05) is 29.3 Å². The van der Waals surface area contributed by atoms with E-state index in [0.29, 0.717) is 22.6 Å². The van der Waals surface area contributed by atoms with E-state index in [-0.39, 0.29) is 0 Å². The summed E-state index contributed by atoms with van der Waals surface area (Å²) < 4.78 is 10.9. The van der Waals surface area contributed by atoms with E-state index in [1.807, 2.05) is 18.2 Å². The molecule has 3 aromatic heterocycles. The fourth-order valence-electron chi connectivity index (χ4n) is 2.98. The number of benzene rings is 1. The predicted octanol–water partition coefficient (Wildman–Crippen LogP) is 4.91. The maximum absolute atomic E-state index is 6.16. The third kappa shape index (κ3) is 4.12. The molecule has 0 aliphatic rings. The summed E-state index contributed by atoms with van der Waals surface area (Å²) >= 11 is 6.16. The van der Waals surface area contributed by atoms with Crippen LogP contribution in [-0.4, -0.2) is 27.3 Å². The summed E-state index contributed by atoms with van der Waals surface area (Å²) in [7, 11) is 1.58. The van der Waals surface area contributed by atoms with Crippen LogP contribution in [0.5, 0.6) is 5.75 Å². The summed E-state index contributed by atoms with van der Waals surface area (Å²) in [6, 6.07) is 13.5. The molecule has 0 saturated heterocycles. The summed E-state index contributed by atoms with van der Waals surface area (Å²) in [6.45, 7) is 0. The number of hydrogen-bond donors (Lipinski definition) is 0. The average Bonchev–Trinajstić information content (AvgIpc) is 3.20. The lowest BCUT2D eigenvalue weighted by Crippen LogP contribution is -1.94. The van der Waals surface area contributed by atoms with Crippen molar-refractivity contribution in [1.82, 2.24) is 20.2 Å². The van der Waals surface area contributed by atoms with Crippen molar-refractivity contribution >= 4 is 22.6 Å². The summed E-state index contributed by atoms with van der Waals surface area (Å²) in [5.41, 5.74) is 2.61. The van der Waals surface area contributed by atoms with E-state index in [1.54, 1.807) is 25.4 Å². The molecule has 0 saturated carbocycles. The maximum atomic E-state index is 6.16. The Kier molecular flexibility index (Phi) is 5.48. The van der Waals surface area contributed by atoms with Gasteiger partial charge >= 0.3 is 0 Å². The SMILES string of the molecule is COc1ccc(-c2nnc(CCCCc3ccc4cccnc4n3)o2)cc1Cl. The molecular formula is C21H19ClN4O2. The molecule has 0 fully saturated rings. The Bertz CT molecular complexity index is 1100. The number of unbranched alkanes of at least 4 members (excludes halogenated alkanes) is 1. The van der Waals surface area contributed by atoms with E-state index in [0.717, 1.165) is 48.0 Å². The number of nitrogens with zero attached hydrogens (tertiary/aromatic N) is 4. The van der Waals surface area contributed by atoms with Gasteiger partial charge in [0.05, 0.1) is 12.1 Å². The van der Waals surface area contributed by atoms with Crippen molar-refractivity contribution in [3.8, 4) is 17.2 Å². The van der Waals surface area contributed by atoms with Crippen LogP contribution < -0.4 is 4.74 Å². The lowest BCUT2D eigenvalue weighted by molar-refractivity contribution is 0.415. The topological polar surface area (TPSA) is 73.9 Å². The molecule has 0 amide bonds. The second-order valence-corrected chi connectivity index (χ2v) is 6.82. The summed E-state index contributed by atoms with van der Waals surface area (Å²) in [5, 5.41) is 9.82. The average molecular weight is 395 g/mol. The van der Waals surface area contributed by atoms with Gasteiger partial charge in [-0.25, -0.2) is 9.97 Å². The highest BCUT2D eigenvalue weighted by Gasteiger charge is 2.11. The number of ether oxygens (including phenoxy) is 1. The molecule has 28 heavy (non-hydrogen) atoms. The van der Waals surface area contributed by atoms with Gasteiger partial charge in [0.15, 0.2) is 5.65 Å². The number of aryl methyl sites for hydroxylation is 2. The maximum Gasteiger partial charge on any atom is 0.247 e. The molecule has 4 aromatic rings. The molecule has 0 unspecified atom stereocenters. The molecule has 3 heterocycles. The van der Waals surface area contributed by atoms with Crippen LogP contribution in [-0.2, 0) is 12.8 Å². The first kappa shape index (κ1) is 18.4. The third-order valence-corrected chi connectivity index (χ3v) is 4.76. The minimum absolute atomic E-state index is 0.460. The molecule has 7 heteroatoms. The van der Waals surface area contributed by atoms with Gasteiger partial charge in [-0.1, -0.05) is 11.6 Å². The van der Waals surface area contributed by atoms with Gasteiger partial charge in [-0.05, 0) is 61.7 Å². The summed E-state index contributed by atoms with van der Waals surface area (Å²) in [6.07, 6.45) is 5.30. The largest absolute Gasteiger partial charge is 0.495 e. The highest BCUT2D eigenvalue weighted by molar-refractivity contribution is 6.32. The van der Waals surface area contributed by atoms with Gasteiger partial charge < -0.3 is 9.15 Å². The number of rotatable bonds is 7. The lowest BCUT2D eigenvalue weighted by atomic mass is 10.1. The Morgan fingerprint density at radius 2 is 1.93 bits per heavy atom. The van der Waals surface area contributed by atoms with E-state index < -0.39 is 0 Å². The minimum atomic E-state index is 0.460. The first-order chi connectivity index (χ1) is 13.7. The molecule has 6 nitrogen and oxygen atoms in total. The van der Waals surface area contributed by atoms with Crippen molar-refractivity contribution in [2.24, 2.45) is 0 Å². The Morgan fingerprint density at radius 3 is 2.79 bits per heavy atom. The Labute approximate surface area is 167 Å². The standard InChI is InChI=1S/C21H19ClN4O2/c1-27-18-11-9-15(13-17(18)22)21-26-25-19(28-21)7-3-2-6-16-10-8-14-5-4-12-23-20(14)24-16/h4-5,8-13H,2-3,6-7H2,1H3. The smallest absolute Gasteiger partial charge is 0.247 e. The Morgan fingerprint density at radius 1 is 1.04 bits per heavy atom. The second kappa shape index (κ2) is 8.35. The molecule has 0 aliphatic heterocycles. The molecule has 0 radical (unpaired) electrons. The summed E-state index contributed by atoms with van der Waals surface area (Å²) in [4.78, 5) is 8.91. The van der Waals surface area contributed by atoms with Gasteiger partial charge in [0.2, 0.25) is 11.8 Å². The number of aromatic nitrogens is 4. The molecule has 4 rings (SSSR count). The molecule has 142 valence electrons. The van der Waals surface area contributed by atoms with E-state index in [2.05, 4.69) is 32.3 Å². The van der Waals surface area contributed by atoms with E-state index >= 15 is 0 Å². The van der Waals surface area contributed by atoms with Crippen molar-refractivity contribution in [3.05, 3.63) is 65.3 Å². The van der Waals surface area contributed by atoms with Crippen LogP contribution >= 0.6 is 11.6 Å².